The molecule has 1 aliphatic heterocycles. The maximum Gasteiger partial charge on any atom is 0.416 e. The molecule has 1 aliphatic rings. The summed E-state index contributed by atoms with van der Waals surface area (Å²) in [7, 11) is 0. The summed E-state index contributed by atoms with van der Waals surface area (Å²) in [5.74, 6) is -0.439. The zero-order chi connectivity index (χ0) is 22.2. The molecule has 2 aromatic carbocycles. The van der Waals surface area contributed by atoms with Crippen molar-refractivity contribution in [3.05, 3.63) is 94.0 Å². The van der Waals surface area contributed by atoms with Crippen LogP contribution in [0.5, 0.6) is 0 Å². The summed E-state index contributed by atoms with van der Waals surface area (Å²) in [5.41, 5.74) is 1.33. The van der Waals surface area contributed by atoms with Gasteiger partial charge in [0.25, 0.3) is 0 Å². The van der Waals surface area contributed by atoms with Gasteiger partial charge in [0.15, 0.2) is 0 Å². The normalized spacial score (nSPS) is 16.0. The van der Waals surface area contributed by atoms with Crippen molar-refractivity contribution in [2.45, 2.75) is 18.6 Å². The fraction of sp³-hybridized carbons (Fsp3) is 0.182. The Labute approximate surface area is 180 Å². The third-order valence-corrected chi connectivity index (χ3v) is 5.47. The Morgan fingerprint density at radius 1 is 1.06 bits per heavy atom. The number of aromatic nitrogens is 1. The van der Waals surface area contributed by atoms with E-state index in [2.05, 4.69) is 10.3 Å². The molecule has 1 aromatic heterocycles. The first-order valence-corrected chi connectivity index (χ1v) is 9.75. The number of anilines is 1. The molecule has 160 valence electrons. The lowest BCUT2D eigenvalue weighted by Crippen LogP contribution is -2.43. The highest BCUT2D eigenvalue weighted by atomic mass is 35.5. The fourth-order valence-electron chi connectivity index (χ4n) is 3.62. The van der Waals surface area contributed by atoms with E-state index in [0.29, 0.717) is 28.4 Å². The lowest BCUT2D eigenvalue weighted by Gasteiger charge is -2.37. The van der Waals surface area contributed by atoms with Gasteiger partial charge in [0, 0.05) is 23.5 Å². The fourth-order valence-corrected chi connectivity index (χ4v) is 3.86. The van der Waals surface area contributed by atoms with E-state index in [1.807, 2.05) is 0 Å². The van der Waals surface area contributed by atoms with Gasteiger partial charge in [-0.1, -0.05) is 23.7 Å². The second-order valence-electron chi connectivity index (χ2n) is 7.06. The molecule has 31 heavy (non-hydrogen) atoms. The van der Waals surface area contributed by atoms with Crippen molar-refractivity contribution in [2.75, 3.05) is 11.9 Å². The second kappa shape index (κ2) is 8.19. The van der Waals surface area contributed by atoms with Crippen molar-refractivity contribution in [1.29, 1.82) is 0 Å². The third-order valence-electron chi connectivity index (χ3n) is 5.12. The van der Waals surface area contributed by atoms with E-state index >= 15 is 0 Å². The van der Waals surface area contributed by atoms with Crippen LogP contribution in [0, 0.1) is 5.82 Å². The Morgan fingerprint density at radius 2 is 1.74 bits per heavy atom. The molecule has 0 saturated carbocycles. The Balaban J connectivity index is 1.72. The number of carbonyl (C=O) groups excluding carboxylic acids is 1. The van der Waals surface area contributed by atoms with Gasteiger partial charge < -0.3 is 10.2 Å². The van der Waals surface area contributed by atoms with Crippen molar-refractivity contribution in [2.24, 2.45) is 0 Å². The molecule has 4 nitrogen and oxygen atoms in total. The van der Waals surface area contributed by atoms with Crippen molar-refractivity contribution < 1.29 is 22.4 Å². The topological polar surface area (TPSA) is 45.2 Å². The molecule has 2 amide bonds. The number of nitrogens with zero attached hydrogens (tertiary/aromatic N) is 2. The van der Waals surface area contributed by atoms with Crippen LogP contribution in [-0.4, -0.2) is 22.5 Å². The number of fused-ring (bicyclic) bond motifs is 1. The van der Waals surface area contributed by atoms with E-state index in [1.165, 1.54) is 47.5 Å². The molecule has 0 radical (unpaired) electrons. The second-order valence-corrected chi connectivity index (χ2v) is 7.47. The van der Waals surface area contributed by atoms with Crippen LogP contribution in [-0.2, 0) is 12.6 Å². The molecule has 0 aliphatic carbocycles. The van der Waals surface area contributed by atoms with E-state index in [9.17, 15) is 22.4 Å². The number of alkyl halides is 3. The van der Waals surface area contributed by atoms with Crippen LogP contribution in [0.25, 0.3) is 0 Å². The predicted octanol–water partition coefficient (Wildman–Crippen LogP) is 6.07. The molecular formula is C22H16ClF4N3O. The van der Waals surface area contributed by atoms with E-state index in [1.54, 1.807) is 6.07 Å². The number of benzene rings is 2. The minimum Gasteiger partial charge on any atom is -0.311 e. The Kier molecular flexibility index (Phi) is 5.58. The van der Waals surface area contributed by atoms with Gasteiger partial charge in [-0.05, 0) is 60.0 Å². The first kappa shape index (κ1) is 21.1. The van der Waals surface area contributed by atoms with Crippen molar-refractivity contribution in [3.63, 3.8) is 0 Å². The summed E-state index contributed by atoms with van der Waals surface area (Å²) >= 11 is 6.31. The largest absolute Gasteiger partial charge is 0.416 e. The van der Waals surface area contributed by atoms with E-state index < -0.39 is 29.6 Å². The smallest absolute Gasteiger partial charge is 0.311 e. The lowest BCUT2D eigenvalue weighted by atomic mass is 9.92. The molecule has 9 heteroatoms. The third kappa shape index (κ3) is 4.34. The molecule has 0 saturated heterocycles. The van der Waals surface area contributed by atoms with Crippen LogP contribution in [0.2, 0.25) is 5.02 Å². The quantitative estimate of drug-likeness (QED) is 0.482. The van der Waals surface area contributed by atoms with Crippen LogP contribution >= 0.6 is 11.6 Å². The summed E-state index contributed by atoms with van der Waals surface area (Å²) in [6.07, 6.45) is -2.53. The summed E-state index contributed by atoms with van der Waals surface area (Å²) < 4.78 is 52.2. The van der Waals surface area contributed by atoms with Crippen LogP contribution in [0.15, 0.2) is 60.8 Å². The first-order chi connectivity index (χ1) is 14.7. The van der Waals surface area contributed by atoms with Gasteiger partial charge in [0.05, 0.1) is 11.3 Å². The molecular weight excluding hydrogens is 434 g/mol. The van der Waals surface area contributed by atoms with Crippen LogP contribution in [0.4, 0.5) is 28.0 Å². The van der Waals surface area contributed by atoms with Crippen molar-refractivity contribution in [1.82, 2.24) is 9.88 Å². The summed E-state index contributed by atoms with van der Waals surface area (Å²) in [6, 6.07) is 10.3. The zero-order valence-electron chi connectivity index (χ0n) is 16.0. The molecule has 3 aromatic rings. The monoisotopic (exact) mass is 449 g/mol. The highest BCUT2D eigenvalue weighted by Gasteiger charge is 2.35. The van der Waals surface area contributed by atoms with Crippen molar-refractivity contribution >= 4 is 23.3 Å². The molecule has 0 bridgehead atoms. The number of amides is 2. The molecule has 4 rings (SSSR count). The molecule has 2 heterocycles. The SMILES string of the molecule is O=C(Nc1ccc(F)cc1)N1CCc2c(Cl)ccnc2[C@@H]1c1ccc(C(F)(F)F)cc1. The lowest BCUT2D eigenvalue weighted by molar-refractivity contribution is -0.137. The number of hydrogen-bond acceptors (Lipinski definition) is 2. The number of halogens is 5. The predicted molar refractivity (Wildman–Crippen MR) is 108 cm³/mol. The van der Waals surface area contributed by atoms with Gasteiger partial charge in [-0.3, -0.25) is 4.98 Å². The summed E-state index contributed by atoms with van der Waals surface area (Å²) in [5, 5.41) is 3.19. The molecule has 0 fully saturated rings. The molecule has 0 spiro atoms. The number of urea groups is 1. The molecule has 0 unspecified atom stereocenters. The average molecular weight is 450 g/mol. The number of rotatable bonds is 2. The standard InChI is InChI=1S/C22H16ClF4N3O/c23-18-9-11-28-19-17(18)10-12-30(21(31)29-16-7-5-15(24)6-8-16)20(19)13-1-3-14(4-2-13)22(25,26)27/h1-9,11,20H,10,12H2,(H,29,31)/t20-/m0/s1. The minimum absolute atomic E-state index is 0.275. The number of hydrogen-bond donors (Lipinski definition) is 1. The van der Waals surface area contributed by atoms with Gasteiger partial charge in [0.2, 0.25) is 0 Å². The average Bonchev–Trinajstić information content (AvgIpc) is 2.74. The summed E-state index contributed by atoms with van der Waals surface area (Å²) in [6.45, 7) is 0.275. The number of carbonyl (C=O) groups is 1. The highest BCUT2D eigenvalue weighted by molar-refractivity contribution is 6.31. The van der Waals surface area contributed by atoms with Gasteiger partial charge in [-0.2, -0.15) is 13.2 Å². The van der Waals surface area contributed by atoms with E-state index in [-0.39, 0.29) is 6.54 Å². The Bertz CT molecular complexity index is 1100. The Morgan fingerprint density at radius 3 is 2.39 bits per heavy atom. The van der Waals surface area contributed by atoms with Gasteiger partial charge in [0.1, 0.15) is 11.9 Å². The molecule has 1 atom stereocenters. The minimum atomic E-state index is -4.47. The van der Waals surface area contributed by atoms with Crippen LogP contribution < -0.4 is 5.32 Å². The zero-order valence-corrected chi connectivity index (χ0v) is 16.7. The van der Waals surface area contributed by atoms with Gasteiger partial charge >= 0.3 is 12.2 Å². The van der Waals surface area contributed by atoms with Gasteiger partial charge in [-0.15, -0.1) is 0 Å². The Hall–Kier alpha value is -3.13. The summed E-state index contributed by atoms with van der Waals surface area (Å²) in [4.78, 5) is 18.9. The van der Waals surface area contributed by atoms with E-state index in [0.717, 1.165) is 17.7 Å². The number of nitrogens with one attached hydrogen (secondary N) is 1. The maximum absolute atomic E-state index is 13.2. The van der Waals surface area contributed by atoms with Crippen LogP contribution in [0.3, 0.4) is 0 Å². The highest BCUT2D eigenvalue weighted by Crippen LogP contribution is 2.38. The van der Waals surface area contributed by atoms with Crippen molar-refractivity contribution in [3.8, 4) is 0 Å². The van der Waals surface area contributed by atoms with Gasteiger partial charge in [-0.25, -0.2) is 9.18 Å². The molecule has 1 N–H and O–H groups in total. The van der Waals surface area contributed by atoms with E-state index in [4.69, 9.17) is 11.6 Å². The maximum atomic E-state index is 13.2. The first-order valence-electron chi connectivity index (χ1n) is 9.37. The van der Waals surface area contributed by atoms with Crippen LogP contribution in [0.1, 0.15) is 28.4 Å². The number of pyridine rings is 1.